The molecule has 1 atom stereocenters. The Morgan fingerprint density at radius 1 is 1.12 bits per heavy atom. The first kappa shape index (κ1) is 31.5. The number of ether oxygens (including phenoxy) is 3. The number of hydrogen-bond donors (Lipinski definition) is 0. The molecule has 0 amide bonds. The highest BCUT2D eigenvalue weighted by Gasteiger charge is 2.29. The third-order valence-corrected chi connectivity index (χ3v) is 7.28. The first-order valence-corrected chi connectivity index (χ1v) is 14.7. The topological polar surface area (TPSA) is 65.1 Å². The van der Waals surface area contributed by atoms with Crippen molar-refractivity contribution < 1.29 is 23.8 Å². The van der Waals surface area contributed by atoms with Crippen LogP contribution in [0.5, 0.6) is 5.75 Å². The van der Waals surface area contributed by atoms with Crippen molar-refractivity contribution in [3.63, 3.8) is 0 Å². The van der Waals surface area contributed by atoms with Crippen molar-refractivity contribution in [2.75, 3.05) is 25.1 Å². The van der Waals surface area contributed by atoms with E-state index in [1.165, 1.54) is 12.7 Å². The quantitative estimate of drug-likeness (QED) is 0.165. The molecule has 0 bridgehead atoms. The van der Waals surface area contributed by atoms with Crippen molar-refractivity contribution >= 4 is 29.2 Å². The fourth-order valence-corrected chi connectivity index (χ4v) is 5.16. The molecule has 40 heavy (non-hydrogen) atoms. The SMILES string of the molecule is C=CCCCCN1CCCCc2cc(Cl)ccc2COc2ccc([C@H](CCC(=O)OC)C(=O)OC(C)(C)C)cc21. The van der Waals surface area contributed by atoms with Gasteiger partial charge in [0, 0.05) is 24.5 Å². The van der Waals surface area contributed by atoms with E-state index in [-0.39, 0.29) is 18.4 Å². The summed E-state index contributed by atoms with van der Waals surface area (Å²) >= 11 is 6.31. The van der Waals surface area contributed by atoms with Crippen molar-refractivity contribution in [2.45, 2.75) is 90.3 Å². The molecule has 0 aliphatic carbocycles. The lowest BCUT2D eigenvalue weighted by atomic mass is 9.93. The zero-order chi connectivity index (χ0) is 29.1. The molecule has 1 aliphatic heterocycles. The molecular weight excluding hydrogens is 526 g/mol. The van der Waals surface area contributed by atoms with E-state index >= 15 is 0 Å². The number of carbonyl (C=O) groups is 2. The molecular formula is C33H44ClNO5. The minimum Gasteiger partial charge on any atom is -0.487 e. The van der Waals surface area contributed by atoms with Gasteiger partial charge in [-0.05, 0) is 107 Å². The van der Waals surface area contributed by atoms with E-state index in [1.54, 1.807) is 0 Å². The summed E-state index contributed by atoms with van der Waals surface area (Å²) in [7, 11) is 1.36. The lowest BCUT2D eigenvalue weighted by Crippen LogP contribution is -2.29. The zero-order valence-electron chi connectivity index (χ0n) is 24.5. The van der Waals surface area contributed by atoms with Crippen LogP contribution >= 0.6 is 11.6 Å². The Labute approximate surface area is 244 Å². The second-order valence-corrected chi connectivity index (χ2v) is 11.8. The number of rotatable bonds is 10. The molecule has 0 saturated heterocycles. The van der Waals surface area contributed by atoms with Gasteiger partial charge in [-0.1, -0.05) is 29.8 Å². The predicted octanol–water partition coefficient (Wildman–Crippen LogP) is 7.80. The molecule has 2 aromatic rings. The first-order chi connectivity index (χ1) is 19.1. The monoisotopic (exact) mass is 569 g/mol. The van der Waals surface area contributed by atoms with Crippen LogP contribution in [0.2, 0.25) is 5.02 Å². The number of carbonyl (C=O) groups excluding carboxylic acids is 2. The number of methoxy groups -OCH3 is 1. The number of fused-ring (bicyclic) bond motifs is 2. The molecule has 0 fully saturated rings. The highest BCUT2D eigenvalue weighted by molar-refractivity contribution is 6.30. The van der Waals surface area contributed by atoms with E-state index in [0.29, 0.717) is 13.0 Å². The van der Waals surface area contributed by atoms with Gasteiger partial charge in [0.15, 0.2) is 0 Å². The number of allylic oxidation sites excluding steroid dienone is 1. The van der Waals surface area contributed by atoms with Gasteiger partial charge >= 0.3 is 11.9 Å². The number of esters is 2. The maximum atomic E-state index is 13.3. The Bertz CT molecular complexity index is 1160. The summed E-state index contributed by atoms with van der Waals surface area (Å²) in [5, 5.41) is 0.739. The van der Waals surface area contributed by atoms with Crippen LogP contribution in [0.3, 0.4) is 0 Å². The third-order valence-electron chi connectivity index (χ3n) is 7.04. The lowest BCUT2D eigenvalue weighted by Gasteiger charge is -2.29. The van der Waals surface area contributed by atoms with Crippen LogP contribution in [-0.2, 0) is 32.1 Å². The number of nitrogens with zero attached hydrogens (tertiary/aromatic N) is 1. The number of unbranched alkanes of at least 4 members (excludes halogenated alkanes) is 2. The standard InChI is InChI=1S/C33H44ClNO5/c1-6-7-8-10-19-35-20-11-9-12-24-21-27(34)15-13-26(24)23-39-30-17-14-25(22-29(30)35)28(16-18-31(36)38-5)32(37)40-33(2,3)4/h6,13-15,17,21-22,28H,1,7-12,16,18-20,23H2,2-5H3/t28-/m0/s1. The van der Waals surface area contributed by atoms with E-state index < -0.39 is 11.5 Å². The summed E-state index contributed by atoms with van der Waals surface area (Å²) in [6.07, 6.45) is 8.41. The van der Waals surface area contributed by atoms with Gasteiger partial charge in [0.25, 0.3) is 0 Å². The summed E-state index contributed by atoms with van der Waals surface area (Å²) in [6.45, 7) is 11.6. The summed E-state index contributed by atoms with van der Waals surface area (Å²) in [5.74, 6) is -0.537. The van der Waals surface area contributed by atoms with Crippen molar-refractivity contribution in [3.8, 4) is 5.75 Å². The Hall–Kier alpha value is -2.99. The number of hydrogen-bond acceptors (Lipinski definition) is 6. The Morgan fingerprint density at radius 3 is 2.65 bits per heavy atom. The van der Waals surface area contributed by atoms with Gasteiger partial charge in [-0.25, -0.2) is 0 Å². The molecule has 1 aliphatic rings. The van der Waals surface area contributed by atoms with Crippen LogP contribution in [0, 0.1) is 0 Å². The lowest BCUT2D eigenvalue weighted by molar-refractivity contribution is -0.157. The van der Waals surface area contributed by atoms with Crippen molar-refractivity contribution in [1.29, 1.82) is 0 Å². The summed E-state index contributed by atoms with van der Waals surface area (Å²) in [4.78, 5) is 27.7. The van der Waals surface area contributed by atoms with Gasteiger partial charge < -0.3 is 19.1 Å². The van der Waals surface area contributed by atoms with Gasteiger partial charge in [-0.2, -0.15) is 0 Å². The van der Waals surface area contributed by atoms with Gasteiger partial charge in [-0.3, -0.25) is 9.59 Å². The number of anilines is 1. The van der Waals surface area contributed by atoms with Crippen LogP contribution in [0.15, 0.2) is 49.1 Å². The minimum atomic E-state index is -0.644. The van der Waals surface area contributed by atoms with Crippen LogP contribution in [0.4, 0.5) is 5.69 Å². The van der Waals surface area contributed by atoms with Gasteiger partial charge in [-0.15, -0.1) is 6.58 Å². The zero-order valence-corrected chi connectivity index (χ0v) is 25.2. The van der Waals surface area contributed by atoms with E-state index in [2.05, 4.69) is 17.5 Å². The predicted molar refractivity (Wildman–Crippen MR) is 161 cm³/mol. The summed E-state index contributed by atoms with van der Waals surface area (Å²) in [5.41, 5.74) is 3.47. The van der Waals surface area contributed by atoms with Gasteiger partial charge in [0.2, 0.25) is 0 Å². The molecule has 218 valence electrons. The van der Waals surface area contributed by atoms with Crippen LogP contribution in [0.25, 0.3) is 0 Å². The van der Waals surface area contributed by atoms with E-state index in [4.69, 9.17) is 25.8 Å². The Morgan fingerprint density at radius 2 is 1.93 bits per heavy atom. The smallest absolute Gasteiger partial charge is 0.313 e. The number of halogens is 1. The minimum absolute atomic E-state index is 0.124. The van der Waals surface area contributed by atoms with E-state index in [0.717, 1.165) is 79.2 Å². The highest BCUT2D eigenvalue weighted by Crippen LogP contribution is 2.36. The van der Waals surface area contributed by atoms with Crippen LogP contribution < -0.4 is 9.64 Å². The van der Waals surface area contributed by atoms with Crippen LogP contribution in [0.1, 0.15) is 88.3 Å². The normalized spacial score (nSPS) is 14.6. The molecule has 3 rings (SSSR count). The van der Waals surface area contributed by atoms with Gasteiger partial charge in [0.1, 0.15) is 18.0 Å². The van der Waals surface area contributed by atoms with Crippen LogP contribution in [-0.4, -0.2) is 37.7 Å². The van der Waals surface area contributed by atoms with Crippen molar-refractivity contribution in [2.24, 2.45) is 0 Å². The average Bonchev–Trinajstić information content (AvgIpc) is 2.93. The van der Waals surface area contributed by atoms with Gasteiger partial charge in [0.05, 0.1) is 18.7 Å². The fourth-order valence-electron chi connectivity index (χ4n) is 4.96. The van der Waals surface area contributed by atoms with E-state index in [1.807, 2.05) is 57.2 Å². The first-order valence-electron chi connectivity index (χ1n) is 14.3. The molecule has 2 aromatic carbocycles. The van der Waals surface area contributed by atoms with E-state index in [9.17, 15) is 9.59 Å². The van der Waals surface area contributed by atoms with Crippen molar-refractivity contribution in [1.82, 2.24) is 0 Å². The number of benzene rings is 2. The average molecular weight is 570 g/mol. The molecule has 1 heterocycles. The summed E-state index contributed by atoms with van der Waals surface area (Å²) < 4.78 is 17.1. The number of aryl methyl sites for hydroxylation is 1. The second kappa shape index (κ2) is 15.1. The molecule has 7 heteroatoms. The van der Waals surface area contributed by atoms with Crippen molar-refractivity contribution in [3.05, 3.63) is 70.8 Å². The maximum absolute atomic E-state index is 13.3. The third kappa shape index (κ3) is 9.58. The molecule has 0 radical (unpaired) electrons. The summed E-state index contributed by atoms with van der Waals surface area (Å²) in [6, 6.07) is 11.9. The molecule has 0 spiro atoms. The molecule has 0 N–H and O–H groups in total. The fraction of sp³-hybridized carbons (Fsp3) is 0.515. The molecule has 6 nitrogen and oxygen atoms in total. The molecule has 0 saturated carbocycles. The second-order valence-electron chi connectivity index (χ2n) is 11.4. The molecule has 0 aromatic heterocycles. The largest absolute Gasteiger partial charge is 0.487 e. The molecule has 0 unspecified atom stereocenters. The Balaban J connectivity index is 2.00. The highest BCUT2D eigenvalue weighted by atomic mass is 35.5. The Kier molecular flexibility index (Phi) is 11.9. The maximum Gasteiger partial charge on any atom is 0.313 e.